The van der Waals surface area contributed by atoms with Crippen molar-refractivity contribution in [2.24, 2.45) is 0 Å². The quantitative estimate of drug-likeness (QED) is 0.491. The molecule has 1 saturated carbocycles. The maximum absolute atomic E-state index is 9.38. The second-order valence-electron chi connectivity index (χ2n) is 3.97. The van der Waals surface area contributed by atoms with Gasteiger partial charge in [0.05, 0.1) is 17.8 Å². The van der Waals surface area contributed by atoms with Crippen LogP contribution in [0.2, 0.25) is 0 Å². The van der Waals surface area contributed by atoms with Crippen molar-refractivity contribution in [2.45, 2.75) is 18.8 Å². The zero-order chi connectivity index (χ0) is 12.3. The lowest BCUT2D eigenvalue weighted by atomic mass is 9.78. The molecule has 2 N–H and O–H groups in total. The van der Waals surface area contributed by atoms with Gasteiger partial charge in [0.15, 0.2) is 0 Å². The molecule has 0 atom stereocenters. The lowest BCUT2D eigenvalue weighted by molar-refractivity contribution is 0.144. The Morgan fingerprint density at radius 3 is 2.71 bits per heavy atom. The fourth-order valence-corrected chi connectivity index (χ4v) is 1.65. The molecule has 1 aromatic heterocycles. The summed E-state index contributed by atoms with van der Waals surface area (Å²) in [4.78, 5) is 8.04. The van der Waals surface area contributed by atoms with Gasteiger partial charge in [0.25, 0.3) is 0 Å². The summed E-state index contributed by atoms with van der Waals surface area (Å²) in [6, 6.07) is 0. The Balaban J connectivity index is 2.20. The number of aromatic nitrogens is 2. The van der Waals surface area contributed by atoms with Crippen LogP contribution in [0.15, 0.2) is 6.33 Å². The minimum Gasteiger partial charge on any atom is -0.475 e. The Kier molecular flexibility index (Phi) is 3.93. The van der Waals surface area contributed by atoms with Crippen LogP contribution < -0.4 is 10.2 Å². The number of rotatable bonds is 6. The van der Waals surface area contributed by atoms with Crippen molar-refractivity contribution >= 4 is 12.6 Å². The Morgan fingerprint density at radius 1 is 1.35 bits per heavy atom. The van der Waals surface area contributed by atoms with Crippen molar-refractivity contribution in [3.8, 4) is 5.88 Å². The lowest BCUT2D eigenvalue weighted by Crippen LogP contribution is -2.36. The standard InChI is InChI=1S/C10H15BN2O4/c1-16-4-5-17-10-8(11(14)15)9(7-2-3-7)12-6-13-10/h6-7,14-15H,2-5H2,1H3. The zero-order valence-corrected chi connectivity index (χ0v) is 9.67. The van der Waals surface area contributed by atoms with Gasteiger partial charge in [0.2, 0.25) is 5.88 Å². The van der Waals surface area contributed by atoms with Crippen molar-refractivity contribution in [1.29, 1.82) is 0 Å². The minimum atomic E-state index is -1.61. The maximum Gasteiger partial charge on any atom is 0.495 e. The molecule has 0 bridgehead atoms. The van der Waals surface area contributed by atoms with Gasteiger partial charge in [-0.05, 0) is 12.8 Å². The van der Waals surface area contributed by atoms with Gasteiger partial charge in [0.1, 0.15) is 12.9 Å². The molecule has 1 fully saturated rings. The largest absolute Gasteiger partial charge is 0.495 e. The smallest absolute Gasteiger partial charge is 0.475 e. The number of nitrogens with zero attached hydrogens (tertiary/aromatic N) is 2. The number of hydrogen-bond donors (Lipinski definition) is 2. The average Bonchev–Trinajstić information content (AvgIpc) is 3.12. The SMILES string of the molecule is COCCOc1ncnc(C2CC2)c1B(O)O. The van der Waals surface area contributed by atoms with Gasteiger partial charge in [-0.1, -0.05) is 0 Å². The van der Waals surface area contributed by atoms with Gasteiger partial charge in [-0.15, -0.1) is 0 Å². The van der Waals surface area contributed by atoms with Crippen molar-refractivity contribution in [3.63, 3.8) is 0 Å². The third-order valence-electron chi connectivity index (χ3n) is 2.63. The van der Waals surface area contributed by atoms with Gasteiger partial charge >= 0.3 is 7.12 Å². The predicted octanol–water partition coefficient (Wildman–Crippen LogP) is -0.941. The van der Waals surface area contributed by atoms with Crippen LogP contribution in [0.5, 0.6) is 5.88 Å². The number of methoxy groups -OCH3 is 1. The molecule has 0 saturated heterocycles. The van der Waals surface area contributed by atoms with Crippen LogP contribution >= 0.6 is 0 Å². The molecule has 0 radical (unpaired) electrons. The molecular formula is C10H15BN2O4. The molecule has 1 aliphatic rings. The summed E-state index contributed by atoms with van der Waals surface area (Å²) in [7, 11) is -0.0369. The van der Waals surface area contributed by atoms with E-state index in [1.165, 1.54) is 6.33 Å². The molecule has 2 rings (SSSR count). The molecular weight excluding hydrogens is 223 g/mol. The Bertz CT molecular complexity index is 385. The van der Waals surface area contributed by atoms with E-state index in [9.17, 15) is 10.0 Å². The van der Waals surface area contributed by atoms with Crippen LogP contribution in [0, 0.1) is 0 Å². The van der Waals surface area contributed by atoms with Gasteiger partial charge in [-0.2, -0.15) is 0 Å². The van der Waals surface area contributed by atoms with E-state index in [1.54, 1.807) is 7.11 Å². The summed E-state index contributed by atoms with van der Waals surface area (Å²) < 4.78 is 10.2. The van der Waals surface area contributed by atoms with Crippen LogP contribution in [0.4, 0.5) is 0 Å². The summed E-state index contributed by atoms with van der Waals surface area (Å²) in [5.74, 6) is 0.536. The van der Waals surface area contributed by atoms with E-state index in [0.29, 0.717) is 24.8 Å². The molecule has 92 valence electrons. The van der Waals surface area contributed by atoms with E-state index < -0.39 is 7.12 Å². The molecule has 1 aliphatic carbocycles. The van der Waals surface area contributed by atoms with Crippen LogP contribution in [-0.2, 0) is 4.74 Å². The van der Waals surface area contributed by atoms with E-state index in [-0.39, 0.29) is 11.3 Å². The first-order valence-electron chi connectivity index (χ1n) is 5.56. The molecule has 0 amide bonds. The highest BCUT2D eigenvalue weighted by Gasteiger charge is 2.33. The lowest BCUT2D eigenvalue weighted by Gasteiger charge is -2.12. The normalized spacial score (nSPS) is 14.8. The fraction of sp³-hybridized carbons (Fsp3) is 0.600. The Labute approximate surface area is 99.8 Å². The summed E-state index contributed by atoms with van der Waals surface area (Å²) >= 11 is 0. The summed E-state index contributed by atoms with van der Waals surface area (Å²) in [5.41, 5.74) is 0.966. The van der Waals surface area contributed by atoms with Gasteiger partial charge in [-0.25, -0.2) is 9.97 Å². The van der Waals surface area contributed by atoms with Crippen LogP contribution in [0.3, 0.4) is 0 Å². The maximum atomic E-state index is 9.38. The highest BCUT2D eigenvalue weighted by atomic mass is 16.5. The van der Waals surface area contributed by atoms with E-state index in [4.69, 9.17) is 9.47 Å². The molecule has 0 unspecified atom stereocenters. The van der Waals surface area contributed by atoms with Crippen molar-refractivity contribution in [2.75, 3.05) is 20.3 Å². The fourth-order valence-electron chi connectivity index (χ4n) is 1.65. The Hall–Kier alpha value is -1.18. The van der Waals surface area contributed by atoms with E-state index in [0.717, 1.165) is 12.8 Å². The molecule has 1 aromatic rings. The second-order valence-corrected chi connectivity index (χ2v) is 3.97. The van der Waals surface area contributed by atoms with Gasteiger partial charge in [-0.3, -0.25) is 0 Å². The monoisotopic (exact) mass is 238 g/mol. The molecule has 7 heteroatoms. The van der Waals surface area contributed by atoms with Gasteiger partial charge < -0.3 is 19.5 Å². The topological polar surface area (TPSA) is 84.7 Å². The highest BCUT2D eigenvalue weighted by molar-refractivity contribution is 6.60. The zero-order valence-electron chi connectivity index (χ0n) is 9.67. The van der Waals surface area contributed by atoms with E-state index >= 15 is 0 Å². The molecule has 17 heavy (non-hydrogen) atoms. The summed E-state index contributed by atoms with van der Waals surface area (Å²) in [6.07, 6.45) is 3.43. The predicted molar refractivity (Wildman–Crippen MR) is 61.2 cm³/mol. The highest BCUT2D eigenvalue weighted by Crippen LogP contribution is 2.38. The van der Waals surface area contributed by atoms with Crippen LogP contribution in [-0.4, -0.2) is 47.5 Å². The molecule has 0 spiro atoms. The minimum absolute atomic E-state index is 0.231. The third kappa shape index (κ3) is 2.93. The van der Waals surface area contributed by atoms with Crippen molar-refractivity contribution in [1.82, 2.24) is 9.97 Å². The van der Waals surface area contributed by atoms with E-state index in [1.807, 2.05) is 0 Å². The first kappa shape index (κ1) is 12.3. The molecule has 0 aromatic carbocycles. The summed E-state index contributed by atoms with van der Waals surface area (Å²) in [6.45, 7) is 0.737. The van der Waals surface area contributed by atoms with Crippen molar-refractivity contribution < 1.29 is 19.5 Å². The first-order chi connectivity index (χ1) is 8.24. The van der Waals surface area contributed by atoms with Crippen LogP contribution in [0.1, 0.15) is 24.5 Å². The van der Waals surface area contributed by atoms with E-state index in [2.05, 4.69) is 9.97 Å². The number of ether oxygens (including phenoxy) is 2. The molecule has 1 heterocycles. The third-order valence-corrected chi connectivity index (χ3v) is 2.63. The number of hydrogen-bond acceptors (Lipinski definition) is 6. The van der Waals surface area contributed by atoms with Gasteiger partial charge in [0, 0.05) is 13.0 Å². The average molecular weight is 238 g/mol. The van der Waals surface area contributed by atoms with Crippen LogP contribution in [0.25, 0.3) is 0 Å². The Morgan fingerprint density at radius 2 is 2.12 bits per heavy atom. The first-order valence-corrected chi connectivity index (χ1v) is 5.56. The molecule has 0 aliphatic heterocycles. The molecule has 6 nitrogen and oxygen atoms in total. The second kappa shape index (κ2) is 5.44. The summed E-state index contributed by atoms with van der Waals surface area (Å²) in [5, 5.41) is 18.8. The van der Waals surface area contributed by atoms with Crippen molar-refractivity contribution in [3.05, 3.63) is 12.0 Å².